The lowest BCUT2D eigenvalue weighted by molar-refractivity contribution is -0.954. The number of hydrogen-bond donors (Lipinski definition) is 2. The summed E-state index contributed by atoms with van der Waals surface area (Å²) < 4.78 is 39.6. The molecule has 3 heterocycles. The summed E-state index contributed by atoms with van der Waals surface area (Å²) in [5, 5.41) is 3.35. The van der Waals surface area contributed by atoms with E-state index >= 15 is 0 Å². The summed E-state index contributed by atoms with van der Waals surface area (Å²) in [4.78, 5) is 4.34. The molecule has 180 valence electrons. The molecule has 33 heavy (non-hydrogen) atoms. The third kappa shape index (κ3) is 5.42. The van der Waals surface area contributed by atoms with Crippen LogP contribution in [0.15, 0.2) is 58.3 Å². The first-order valence-electron chi connectivity index (χ1n) is 12.4. The van der Waals surface area contributed by atoms with E-state index in [0.717, 1.165) is 18.7 Å². The molecule has 0 spiro atoms. The van der Waals surface area contributed by atoms with Gasteiger partial charge < -0.3 is 15.1 Å². The van der Waals surface area contributed by atoms with Crippen molar-refractivity contribution in [2.45, 2.75) is 67.3 Å². The first-order chi connectivity index (χ1) is 16.0. The van der Waals surface area contributed by atoms with Crippen LogP contribution in [0.25, 0.3) is 0 Å². The Labute approximate surface area is 197 Å². The average Bonchev–Trinajstić information content (AvgIpc) is 2.99. The van der Waals surface area contributed by atoms with Crippen molar-refractivity contribution in [1.29, 1.82) is 0 Å². The number of quaternary nitrogens is 1. The Kier molecular flexibility index (Phi) is 8.04. The van der Waals surface area contributed by atoms with Crippen LogP contribution in [0, 0.1) is 5.82 Å². The van der Waals surface area contributed by atoms with E-state index in [0.29, 0.717) is 17.0 Å². The lowest BCUT2D eigenvalue weighted by Crippen LogP contribution is -3.20. The van der Waals surface area contributed by atoms with E-state index < -0.39 is 15.7 Å². The van der Waals surface area contributed by atoms with E-state index in [4.69, 9.17) is 0 Å². The summed E-state index contributed by atoms with van der Waals surface area (Å²) >= 11 is 0. The van der Waals surface area contributed by atoms with E-state index in [1.807, 2.05) is 12.1 Å². The molecule has 3 aliphatic rings. The van der Waals surface area contributed by atoms with Crippen LogP contribution in [0.3, 0.4) is 0 Å². The van der Waals surface area contributed by atoms with E-state index in [1.54, 1.807) is 17.0 Å². The molecule has 3 aliphatic heterocycles. The van der Waals surface area contributed by atoms with Gasteiger partial charge in [-0.15, -0.1) is 0 Å². The van der Waals surface area contributed by atoms with Gasteiger partial charge in [0.1, 0.15) is 11.9 Å². The van der Waals surface area contributed by atoms with Gasteiger partial charge in [0.15, 0.2) is 0 Å². The molecule has 2 N–H and O–H groups in total. The van der Waals surface area contributed by atoms with Crippen molar-refractivity contribution in [2.75, 3.05) is 37.6 Å². The standard InChI is InChI=1S/C20H23FN2O2S.C6H13N/c1-2-23(18-12-14-22-13-11-17(18)22)19-5-3-4-6-20(19)26(24,25)16-9-7-15(21)8-10-16;1-2-4-6-7-5-3-1/h3-10,17-18H,2,11-14H2,1H3;7H,1-6H2/p+1. The van der Waals surface area contributed by atoms with Crippen LogP contribution in [0.4, 0.5) is 10.1 Å². The fraction of sp³-hybridized carbons (Fsp3) is 0.538. The molecule has 5 rings (SSSR count). The van der Waals surface area contributed by atoms with Gasteiger partial charge in [-0.2, -0.15) is 0 Å². The number of halogens is 1. The normalized spacial score (nSPS) is 24.6. The first-order valence-corrected chi connectivity index (χ1v) is 13.9. The molecule has 0 aliphatic carbocycles. The third-order valence-corrected chi connectivity index (χ3v) is 9.13. The second kappa shape index (κ2) is 11.0. The molecule has 3 saturated heterocycles. The Balaban J connectivity index is 0.000000318. The molecule has 7 heteroatoms. The molecule has 2 aromatic carbocycles. The summed E-state index contributed by atoms with van der Waals surface area (Å²) in [5.41, 5.74) is 0.762. The zero-order chi connectivity index (χ0) is 23.3. The topological polar surface area (TPSA) is 53.9 Å². The lowest BCUT2D eigenvalue weighted by atomic mass is 9.98. The highest BCUT2D eigenvalue weighted by molar-refractivity contribution is 7.91. The highest BCUT2D eigenvalue weighted by atomic mass is 32.2. The molecule has 0 amide bonds. The minimum absolute atomic E-state index is 0.129. The summed E-state index contributed by atoms with van der Waals surface area (Å²) in [6, 6.07) is 13.3. The molecule has 0 bridgehead atoms. The van der Waals surface area contributed by atoms with Gasteiger partial charge in [0.2, 0.25) is 9.84 Å². The molecule has 3 fully saturated rings. The van der Waals surface area contributed by atoms with Crippen molar-refractivity contribution in [2.24, 2.45) is 0 Å². The van der Waals surface area contributed by atoms with Crippen molar-refractivity contribution in [3.63, 3.8) is 0 Å². The zero-order valence-electron chi connectivity index (χ0n) is 19.6. The molecule has 0 saturated carbocycles. The summed E-state index contributed by atoms with van der Waals surface area (Å²) in [6.45, 7) is 7.75. The maximum Gasteiger partial charge on any atom is 0.208 e. The van der Waals surface area contributed by atoms with E-state index in [-0.39, 0.29) is 4.90 Å². The number of rotatable bonds is 5. The maximum absolute atomic E-state index is 13.2. The number of nitrogens with one attached hydrogen (secondary N) is 2. The number of para-hydroxylation sites is 1. The molecule has 0 radical (unpaired) electrons. The predicted octanol–water partition coefficient (Wildman–Crippen LogP) is 3.06. The third-order valence-electron chi connectivity index (χ3n) is 7.31. The number of sulfone groups is 1. The molecule has 2 aromatic rings. The molecule has 0 aromatic heterocycles. The Bertz CT molecular complexity index is 993. The monoisotopic (exact) mass is 474 g/mol. The van der Waals surface area contributed by atoms with E-state index in [2.05, 4.69) is 17.1 Å². The Morgan fingerprint density at radius 2 is 1.64 bits per heavy atom. The summed E-state index contributed by atoms with van der Waals surface area (Å²) in [5.74, 6) is -0.438. The highest BCUT2D eigenvalue weighted by Crippen LogP contribution is 2.33. The Morgan fingerprint density at radius 1 is 0.970 bits per heavy atom. The van der Waals surface area contributed by atoms with Crippen LogP contribution < -0.4 is 15.1 Å². The second-order valence-electron chi connectivity index (χ2n) is 9.28. The number of hydrogen-bond acceptors (Lipinski definition) is 4. The van der Waals surface area contributed by atoms with Crippen molar-refractivity contribution >= 4 is 15.5 Å². The van der Waals surface area contributed by atoms with Crippen LogP contribution in [0.1, 0.15) is 45.4 Å². The van der Waals surface area contributed by atoms with Crippen LogP contribution in [0.5, 0.6) is 0 Å². The van der Waals surface area contributed by atoms with Gasteiger partial charge in [-0.05, 0) is 69.3 Å². The number of anilines is 1. The minimum atomic E-state index is -3.70. The minimum Gasteiger partial charge on any atom is -0.362 e. The van der Waals surface area contributed by atoms with Crippen molar-refractivity contribution in [3.8, 4) is 0 Å². The second-order valence-corrected chi connectivity index (χ2v) is 11.2. The maximum atomic E-state index is 13.2. The van der Waals surface area contributed by atoms with E-state index in [1.165, 1.54) is 82.5 Å². The lowest BCUT2D eigenvalue weighted by Gasteiger charge is -2.39. The van der Waals surface area contributed by atoms with Gasteiger partial charge >= 0.3 is 0 Å². The smallest absolute Gasteiger partial charge is 0.208 e. The van der Waals surface area contributed by atoms with Gasteiger partial charge in [-0.3, -0.25) is 0 Å². The van der Waals surface area contributed by atoms with Crippen molar-refractivity contribution < 1.29 is 17.7 Å². The number of likely N-dealkylation sites (N-methyl/N-ethyl adjacent to an activating group) is 1. The van der Waals surface area contributed by atoms with E-state index in [9.17, 15) is 12.8 Å². The van der Waals surface area contributed by atoms with Gasteiger partial charge in [-0.1, -0.05) is 25.0 Å². The fourth-order valence-electron chi connectivity index (χ4n) is 5.42. The van der Waals surface area contributed by atoms with Gasteiger partial charge in [0.25, 0.3) is 0 Å². The molecular formula is C26H37FN3O2S+. The van der Waals surface area contributed by atoms with Crippen molar-refractivity contribution in [1.82, 2.24) is 5.32 Å². The molecule has 3 atom stereocenters. The van der Waals surface area contributed by atoms with Crippen LogP contribution >= 0.6 is 0 Å². The summed E-state index contributed by atoms with van der Waals surface area (Å²) in [6.07, 6.45) is 7.96. The van der Waals surface area contributed by atoms with Crippen LogP contribution in [0.2, 0.25) is 0 Å². The highest BCUT2D eigenvalue weighted by Gasteiger charge is 2.47. The Hall–Kier alpha value is -1.96. The first kappa shape index (κ1) is 24.2. The molecule has 5 nitrogen and oxygen atoms in total. The average molecular weight is 475 g/mol. The predicted molar refractivity (Wildman–Crippen MR) is 130 cm³/mol. The quantitative estimate of drug-likeness (QED) is 0.654. The van der Waals surface area contributed by atoms with Crippen LogP contribution in [-0.2, 0) is 9.84 Å². The van der Waals surface area contributed by atoms with Gasteiger partial charge in [0.05, 0.1) is 41.0 Å². The number of fused-ring (bicyclic) bond motifs is 1. The summed E-state index contributed by atoms with van der Waals surface area (Å²) in [7, 11) is -3.70. The van der Waals surface area contributed by atoms with Gasteiger partial charge in [0, 0.05) is 13.0 Å². The Morgan fingerprint density at radius 3 is 2.24 bits per heavy atom. The van der Waals surface area contributed by atoms with Crippen molar-refractivity contribution in [3.05, 3.63) is 54.3 Å². The largest absolute Gasteiger partial charge is 0.362 e. The molecular weight excluding hydrogens is 437 g/mol. The fourth-order valence-corrected chi connectivity index (χ4v) is 6.89. The number of benzene rings is 2. The SMILES string of the molecule is C1CCCNCC1.CCN(c1ccccc1S(=O)(=O)c1ccc(F)cc1)C1CC[NH+]2CCC12. The van der Waals surface area contributed by atoms with Gasteiger partial charge in [-0.25, -0.2) is 12.8 Å². The number of nitrogens with zero attached hydrogens (tertiary/aromatic N) is 1. The molecule has 3 unspecified atom stereocenters. The zero-order valence-corrected chi connectivity index (χ0v) is 20.4. The van der Waals surface area contributed by atoms with Crippen LogP contribution in [-0.4, -0.2) is 53.2 Å².